The molecule has 260 valence electrons. The molecule has 1 heterocycles. The fourth-order valence-electron chi connectivity index (χ4n) is 5.07. The van der Waals surface area contributed by atoms with E-state index in [9.17, 15) is 19.2 Å². The van der Waals surface area contributed by atoms with Crippen molar-refractivity contribution in [2.24, 2.45) is 17.3 Å². The van der Waals surface area contributed by atoms with Gasteiger partial charge < -0.3 is 24.8 Å². The molecule has 0 bridgehead atoms. The van der Waals surface area contributed by atoms with Crippen LogP contribution in [0.15, 0.2) is 54.6 Å². The Hall–Kier alpha value is -4.11. The molecule has 2 aromatic rings. The third-order valence-corrected chi connectivity index (χ3v) is 8.65. The van der Waals surface area contributed by atoms with Gasteiger partial charge >= 0.3 is 11.9 Å². The predicted molar refractivity (Wildman–Crippen MR) is 188 cm³/mol. The lowest BCUT2D eigenvalue weighted by Crippen LogP contribution is -2.51. The Morgan fingerprint density at radius 2 is 1.75 bits per heavy atom. The van der Waals surface area contributed by atoms with Crippen LogP contribution in [0.1, 0.15) is 69.7 Å². The highest BCUT2D eigenvalue weighted by molar-refractivity contribution is 6.32. The summed E-state index contributed by atoms with van der Waals surface area (Å²) in [5, 5.41) is 5.92. The minimum atomic E-state index is -1.19. The van der Waals surface area contributed by atoms with Crippen molar-refractivity contribution in [3.63, 3.8) is 0 Å². The second-order valence-corrected chi connectivity index (χ2v) is 13.9. The average molecular weight is 681 g/mol. The van der Waals surface area contributed by atoms with E-state index in [0.717, 1.165) is 5.56 Å². The van der Waals surface area contributed by atoms with Crippen molar-refractivity contribution < 1.29 is 33.4 Å². The summed E-state index contributed by atoms with van der Waals surface area (Å²) in [6.07, 6.45) is 5.68. The monoisotopic (exact) mass is 680 g/mol. The number of carbonyl (C=O) groups excluding carboxylic acids is 4. The van der Waals surface area contributed by atoms with E-state index in [1.807, 2.05) is 45.9 Å². The van der Waals surface area contributed by atoms with Crippen LogP contribution in [-0.4, -0.2) is 55.7 Å². The lowest BCUT2D eigenvalue weighted by molar-refractivity contribution is -0.178. The average Bonchev–Trinajstić information content (AvgIpc) is 3.02. The van der Waals surface area contributed by atoms with Crippen molar-refractivity contribution in [3.05, 3.63) is 81.9 Å². The smallest absolute Gasteiger partial charge is 0.347 e. The first-order chi connectivity index (χ1) is 22.6. The zero-order valence-corrected chi connectivity index (χ0v) is 30.0. The summed E-state index contributed by atoms with van der Waals surface area (Å²) in [6.45, 7) is 13.0. The highest BCUT2D eigenvalue weighted by atomic mass is 35.5. The second kappa shape index (κ2) is 17.3. The number of aryl methyl sites for hydroxylation is 2. The molecule has 1 aliphatic heterocycles. The number of esters is 2. The lowest BCUT2D eigenvalue weighted by atomic mass is 9.93. The molecule has 2 N–H and O–H groups in total. The molecule has 1 aliphatic rings. The largest absolute Gasteiger partial charge is 0.495 e. The van der Waals surface area contributed by atoms with Crippen LogP contribution >= 0.6 is 11.6 Å². The Morgan fingerprint density at radius 3 is 2.40 bits per heavy atom. The minimum Gasteiger partial charge on any atom is -0.495 e. The number of amides is 2. The summed E-state index contributed by atoms with van der Waals surface area (Å²) in [4.78, 5) is 53.6. The van der Waals surface area contributed by atoms with Gasteiger partial charge in [-0.25, -0.2) is 4.79 Å². The third kappa shape index (κ3) is 11.3. The maximum Gasteiger partial charge on any atom is 0.347 e. The van der Waals surface area contributed by atoms with Crippen LogP contribution in [-0.2, 0) is 35.1 Å². The molecule has 48 heavy (non-hydrogen) atoms. The van der Waals surface area contributed by atoms with E-state index < -0.39 is 47.4 Å². The molecule has 2 amide bonds. The molecule has 0 saturated carbocycles. The van der Waals surface area contributed by atoms with Crippen molar-refractivity contribution in [2.75, 3.05) is 13.7 Å². The van der Waals surface area contributed by atoms with Gasteiger partial charge in [-0.15, -0.1) is 0 Å². The van der Waals surface area contributed by atoms with Gasteiger partial charge in [-0.2, -0.15) is 0 Å². The number of halogens is 1. The Kier molecular flexibility index (Phi) is 13.8. The Bertz CT molecular complexity index is 1530. The third-order valence-electron chi connectivity index (χ3n) is 8.36. The number of ether oxygens (including phenoxy) is 3. The van der Waals surface area contributed by atoms with Crippen molar-refractivity contribution in [3.8, 4) is 5.75 Å². The molecule has 0 aromatic heterocycles. The van der Waals surface area contributed by atoms with Crippen molar-refractivity contribution in [1.29, 1.82) is 0 Å². The van der Waals surface area contributed by atoms with Gasteiger partial charge in [0.15, 0.2) is 6.10 Å². The number of nitrogens with one attached hydrogen (secondary N) is 2. The van der Waals surface area contributed by atoms with Crippen LogP contribution in [0.4, 0.5) is 0 Å². The first-order valence-electron chi connectivity index (χ1n) is 16.3. The van der Waals surface area contributed by atoms with E-state index in [2.05, 4.69) is 29.7 Å². The van der Waals surface area contributed by atoms with E-state index in [4.69, 9.17) is 25.8 Å². The van der Waals surface area contributed by atoms with E-state index in [-0.39, 0.29) is 37.6 Å². The van der Waals surface area contributed by atoms with Gasteiger partial charge in [-0.3, -0.25) is 14.4 Å². The molecule has 0 fully saturated rings. The number of rotatable bonds is 8. The Labute approximate surface area is 289 Å². The van der Waals surface area contributed by atoms with Gasteiger partial charge in [-0.05, 0) is 80.5 Å². The molecule has 9 nitrogen and oxygen atoms in total. The van der Waals surface area contributed by atoms with Crippen LogP contribution in [0.2, 0.25) is 5.02 Å². The van der Waals surface area contributed by atoms with Crippen LogP contribution < -0.4 is 15.4 Å². The molecule has 0 unspecified atom stereocenters. The number of hydrogen-bond acceptors (Lipinski definition) is 7. The number of methoxy groups -OCH3 is 1. The number of carbonyl (C=O) groups is 4. The van der Waals surface area contributed by atoms with Gasteiger partial charge in [0.1, 0.15) is 17.9 Å². The van der Waals surface area contributed by atoms with Crippen molar-refractivity contribution in [2.45, 2.75) is 86.0 Å². The minimum absolute atomic E-state index is 0.0279. The van der Waals surface area contributed by atoms with Gasteiger partial charge in [0, 0.05) is 25.3 Å². The molecule has 10 heteroatoms. The standard InChI is InChI=1S/C38H49ClN2O7/c1-23(2)18-33-36(44)47-31(25(4)13-15-27-14-12-24(3)26(5)19-27)10-9-11-34(42)41-30(21-28-16-17-32(46-8)29(39)20-28)35(43)40-22-38(6,7)37(45)48-33/h9,11-17,19-20,23,25,30-31,33H,10,18,21-22H2,1-8H3,(H,40,43)(H,41,42)/t25-,30-,31+,33+/m1/s1. The Morgan fingerprint density at radius 1 is 1.02 bits per heavy atom. The van der Waals surface area contributed by atoms with E-state index in [1.165, 1.54) is 24.3 Å². The number of benzene rings is 2. The Balaban J connectivity index is 1.95. The quantitative estimate of drug-likeness (QED) is 0.314. The molecule has 0 radical (unpaired) electrons. The van der Waals surface area contributed by atoms with E-state index >= 15 is 0 Å². The van der Waals surface area contributed by atoms with Gasteiger partial charge in [0.2, 0.25) is 11.8 Å². The highest BCUT2D eigenvalue weighted by Crippen LogP contribution is 2.26. The predicted octanol–water partition coefficient (Wildman–Crippen LogP) is 6.31. The fourth-order valence-corrected chi connectivity index (χ4v) is 5.35. The molecule has 0 aliphatic carbocycles. The van der Waals surface area contributed by atoms with Gasteiger partial charge in [-0.1, -0.05) is 74.9 Å². The highest BCUT2D eigenvalue weighted by Gasteiger charge is 2.37. The van der Waals surface area contributed by atoms with Crippen molar-refractivity contribution in [1.82, 2.24) is 10.6 Å². The van der Waals surface area contributed by atoms with Gasteiger partial charge in [0.25, 0.3) is 0 Å². The molecule has 3 rings (SSSR count). The number of cyclic esters (lactones) is 2. The molecular weight excluding hydrogens is 632 g/mol. The molecule has 0 saturated heterocycles. The summed E-state index contributed by atoms with van der Waals surface area (Å²) in [6, 6.07) is 10.3. The summed E-state index contributed by atoms with van der Waals surface area (Å²) >= 11 is 6.32. The topological polar surface area (TPSA) is 120 Å². The van der Waals surface area contributed by atoms with Crippen LogP contribution in [0, 0.1) is 31.1 Å². The first kappa shape index (κ1) is 38.3. The summed E-state index contributed by atoms with van der Waals surface area (Å²) in [7, 11) is 1.51. The molecule has 4 atom stereocenters. The maximum atomic E-state index is 13.6. The zero-order valence-electron chi connectivity index (χ0n) is 29.2. The van der Waals surface area contributed by atoms with Crippen LogP contribution in [0.5, 0.6) is 5.75 Å². The maximum absolute atomic E-state index is 13.6. The molecule has 0 spiro atoms. The first-order valence-corrected chi connectivity index (χ1v) is 16.7. The summed E-state index contributed by atoms with van der Waals surface area (Å²) < 4.78 is 17.0. The van der Waals surface area contributed by atoms with Crippen LogP contribution in [0.25, 0.3) is 6.08 Å². The SMILES string of the molecule is COc1ccc(C[C@H]2NC(=O)C=CC[C@@H]([C@H](C)C=Cc3ccc(C)c(C)c3)OC(=O)[C@H](CC(C)C)OC(=O)C(C)(C)CNC2=O)cc1Cl. The summed E-state index contributed by atoms with van der Waals surface area (Å²) in [5.74, 6) is -2.04. The zero-order chi connectivity index (χ0) is 35.6. The van der Waals surface area contributed by atoms with Crippen LogP contribution in [0.3, 0.4) is 0 Å². The van der Waals surface area contributed by atoms with E-state index in [1.54, 1.807) is 38.1 Å². The number of hydrogen-bond donors (Lipinski definition) is 2. The van der Waals surface area contributed by atoms with Crippen molar-refractivity contribution >= 4 is 41.4 Å². The molecular formula is C38H49ClN2O7. The molecule has 2 aromatic carbocycles. The fraction of sp³-hybridized carbons (Fsp3) is 0.474. The summed E-state index contributed by atoms with van der Waals surface area (Å²) in [5.41, 5.74) is 2.87. The second-order valence-electron chi connectivity index (χ2n) is 13.5. The van der Waals surface area contributed by atoms with Gasteiger partial charge in [0.05, 0.1) is 17.5 Å². The normalized spacial score (nSPS) is 21.8. The lowest BCUT2D eigenvalue weighted by Gasteiger charge is -2.29. The van der Waals surface area contributed by atoms with E-state index in [0.29, 0.717) is 16.3 Å².